The molecule has 0 unspecified atom stereocenters. The predicted octanol–water partition coefficient (Wildman–Crippen LogP) is 1.84. The Bertz CT molecular complexity index is 695. The minimum Gasteiger partial charge on any atom is -0.310 e. The second-order valence-corrected chi connectivity index (χ2v) is 5.55. The SMILES string of the molecule is Cc1nsc(NC(=O)c2ccnc(NC(=O)C3CC3)c2)n1. The lowest BCUT2D eigenvalue weighted by Gasteiger charge is -2.05. The molecule has 2 aromatic rings. The van der Waals surface area contributed by atoms with E-state index in [1.807, 2.05) is 0 Å². The Labute approximate surface area is 125 Å². The maximum atomic E-state index is 12.1. The van der Waals surface area contributed by atoms with Crippen LogP contribution in [-0.2, 0) is 4.79 Å². The first kappa shape index (κ1) is 13.6. The molecule has 0 aliphatic heterocycles. The first-order chi connectivity index (χ1) is 10.1. The number of rotatable bonds is 4. The van der Waals surface area contributed by atoms with Crippen molar-refractivity contribution >= 4 is 34.3 Å². The van der Waals surface area contributed by atoms with E-state index in [1.165, 1.54) is 6.20 Å². The maximum Gasteiger partial charge on any atom is 0.257 e. The summed E-state index contributed by atoms with van der Waals surface area (Å²) in [7, 11) is 0. The van der Waals surface area contributed by atoms with Gasteiger partial charge in [0, 0.05) is 29.2 Å². The fourth-order valence-electron chi connectivity index (χ4n) is 1.73. The highest BCUT2D eigenvalue weighted by Crippen LogP contribution is 2.30. The standard InChI is InChI=1S/C13H13N5O2S/c1-7-15-13(21-18-7)17-12(20)9-4-5-14-10(6-9)16-11(19)8-2-3-8/h4-6,8H,2-3H2,1H3,(H,14,16,19)(H,15,17,18,20). The van der Waals surface area contributed by atoms with Gasteiger partial charge < -0.3 is 5.32 Å². The van der Waals surface area contributed by atoms with Gasteiger partial charge in [-0.25, -0.2) is 9.97 Å². The summed E-state index contributed by atoms with van der Waals surface area (Å²) in [5, 5.41) is 5.81. The highest BCUT2D eigenvalue weighted by Gasteiger charge is 2.29. The smallest absolute Gasteiger partial charge is 0.257 e. The quantitative estimate of drug-likeness (QED) is 0.898. The number of aryl methyl sites for hydroxylation is 1. The van der Waals surface area contributed by atoms with Crippen LogP contribution in [0.15, 0.2) is 18.3 Å². The normalized spacial score (nSPS) is 13.8. The second kappa shape index (κ2) is 5.57. The first-order valence-corrected chi connectivity index (χ1v) is 7.28. The highest BCUT2D eigenvalue weighted by atomic mass is 32.1. The van der Waals surface area contributed by atoms with Crippen LogP contribution in [0.3, 0.4) is 0 Å². The van der Waals surface area contributed by atoms with Gasteiger partial charge in [-0.1, -0.05) is 0 Å². The van der Waals surface area contributed by atoms with Gasteiger partial charge in [-0.15, -0.1) is 0 Å². The van der Waals surface area contributed by atoms with Crippen molar-refractivity contribution in [2.24, 2.45) is 5.92 Å². The summed E-state index contributed by atoms with van der Waals surface area (Å²) in [6, 6.07) is 3.12. The summed E-state index contributed by atoms with van der Waals surface area (Å²) in [6.07, 6.45) is 3.33. The molecule has 1 aliphatic rings. The largest absolute Gasteiger partial charge is 0.310 e. The van der Waals surface area contributed by atoms with E-state index in [0.29, 0.717) is 22.3 Å². The Morgan fingerprint density at radius 2 is 2.14 bits per heavy atom. The molecule has 8 heteroatoms. The van der Waals surface area contributed by atoms with Gasteiger partial charge in [-0.3, -0.25) is 14.9 Å². The van der Waals surface area contributed by atoms with Gasteiger partial charge in [0.25, 0.3) is 5.91 Å². The average Bonchev–Trinajstić information content (AvgIpc) is 3.23. The van der Waals surface area contributed by atoms with E-state index in [4.69, 9.17) is 0 Å². The first-order valence-electron chi connectivity index (χ1n) is 6.50. The van der Waals surface area contributed by atoms with Crippen molar-refractivity contribution in [2.45, 2.75) is 19.8 Å². The Morgan fingerprint density at radius 3 is 2.81 bits per heavy atom. The van der Waals surface area contributed by atoms with Crippen LogP contribution in [-0.4, -0.2) is 26.2 Å². The minimum absolute atomic E-state index is 0.0418. The number of nitrogens with zero attached hydrogens (tertiary/aromatic N) is 3. The van der Waals surface area contributed by atoms with Gasteiger partial charge in [0.2, 0.25) is 11.0 Å². The summed E-state index contributed by atoms with van der Waals surface area (Å²) in [5.41, 5.74) is 0.406. The molecular formula is C13H13N5O2S. The summed E-state index contributed by atoms with van der Waals surface area (Å²) in [4.78, 5) is 31.9. The number of carbonyl (C=O) groups excluding carboxylic acids is 2. The summed E-state index contributed by atoms with van der Waals surface area (Å²) in [6.45, 7) is 1.75. The number of anilines is 2. The van der Waals surface area contributed by atoms with Gasteiger partial charge in [0.15, 0.2) is 0 Å². The molecule has 0 radical (unpaired) electrons. The Hall–Kier alpha value is -2.35. The maximum absolute atomic E-state index is 12.1. The fourth-order valence-corrected chi connectivity index (χ4v) is 2.30. The predicted molar refractivity (Wildman–Crippen MR) is 78.2 cm³/mol. The number of amides is 2. The van der Waals surface area contributed by atoms with Gasteiger partial charge in [-0.2, -0.15) is 4.37 Å². The van der Waals surface area contributed by atoms with Crippen LogP contribution in [0.2, 0.25) is 0 Å². The third-order valence-corrected chi connectivity index (χ3v) is 3.69. The van der Waals surface area contributed by atoms with Crippen LogP contribution in [0.1, 0.15) is 29.0 Å². The molecule has 2 N–H and O–H groups in total. The van der Waals surface area contributed by atoms with Crippen molar-refractivity contribution in [1.82, 2.24) is 14.3 Å². The molecule has 2 aromatic heterocycles. The third kappa shape index (κ3) is 3.40. The van der Waals surface area contributed by atoms with Crippen molar-refractivity contribution in [3.05, 3.63) is 29.7 Å². The lowest BCUT2D eigenvalue weighted by atomic mass is 10.2. The monoisotopic (exact) mass is 303 g/mol. The Balaban J connectivity index is 1.69. The highest BCUT2D eigenvalue weighted by molar-refractivity contribution is 7.09. The Kier molecular flexibility index (Phi) is 3.61. The van der Waals surface area contributed by atoms with E-state index in [-0.39, 0.29) is 17.7 Å². The zero-order chi connectivity index (χ0) is 14.8. The fraction of sp³-hybridized carbons (Fsp3) is 0.308. The molecule has 1 aliphatic carbocycles. The van der Waals surface area contributed by atoms with Gasteiger partial charge in [-0.05, 0) is 31.9 Å². The number of carbonyl (C=O) groups is 2. The third-order valence-electron chi connectivity index (χ3n) is 2.97. The number of pyridine rings is 1. The molecule has 21 heavy (non-hydrogen) atoms. The average molecular weight is 303 g/mol. The molecule has 0 aromatic carbocycles. The lowest BCUT2D eigenvalue weighted by Crippen LogP contribution is -2.16. The topological polar surface area (TPSA) is 96.9 Å². The van der Waals surface area contributed by atoms with E-state index in [9.17, 15) is 9.59 Å². The lowest BCUT2D eigenvalue weighted by molar-refractivity contribution is -0.117. The second-order valence-electron chi connectivity index (χ2n) is 4.79. The Morgan fingerprint density at radius 1 is 1.33 bits per heavy atom. The summed E-state index contributed by atoms with van der Waals surface area (Å²) in [5.74, 6) is 0.735. The molecule has 0 spiro atoms. The van der Waals surface area contributed by atoms with Gasteiger partial charge >= 0.3 is 0 Å². The summed E-state index contributed by atoms with van der Waals surface area (Å²) < 4.78 is 3.99. The summed E-state index contributed by atoms with van der Waals surface area (Å²) >= 11 is 1.12. The van der Waals surface area contributed by atoms with Crippen LogP contribution < -0.4 is 10.6 Å². The number of nitrogens with one attached hydrogen (secondary N) is 2. The van der Waals surface area contributed by atoms with E-state index in [0.717, 1.165) is 24.4 Å². The molecule has 108 valence electrons. The molecular weight excluding hydrogens is 290 g/mol. The number of hydrogen-bond donors (Lipinski definition) is 2. The molecule has 2 amide bonds. The molecule has 2 heterocycles. The van der Waals surface area contributed by atoms with Crippen molar-refractivity contribution in [3.63, 3.8) is 0 Å². The van der Waals surface area contributed by atoms with Crippen molar-refractivity contribution < 1.29 is 9.59 Å². The van der Waals surface area contributed by atoms with Crippen LogP contribution in [0.4, 0.5) is 10.9 Å². The van der Waals surface area contributed by atoms with Crippen molar-refractivity contribution in [1.29, 1.82) is 0 Å². The van der Waals surface area contributed by atoms with E-state index in [1.54, 1.807) is 19.1 Å². The molecule has 7 nitrogen and oxygen atoms in total. The molecule has 1 fully saturated rings. The van der Waals surface area contributed by atoms with Crippen LogP contribution >= 0.6 is 11.5 Å². The van der Waals surface area contributed by atoms with E-state index < -0.39 is 0 Å². The van der Waals surface area contributed by atoms with Crippen molar-refractivity contribution in [2.75, 3.05) is 10.6 Å². The molecule has 1 saturated carbocycles. The van der Waals surface area contributed by atoms with Gasteiger partial charge in [0.1, 0.15) is 11.6 Å². The van der Waals surface area contributed by atoms with E-state index in [2.05, 4.69) is 25.0 Å². The van der Waals surface area contributed by atoms with Crippen LogP contribution in [0.25, 0.3) is 0 Å². The molecule has 0 saturated heterocycles. The molecule has 3 rings (SSSR count). The zero-order valence-electron chi connectivity index (χ0n) is 11.3. The number of hydrogen-bond acceptors (Lipinski definition) is 6. The zero-order valence-corrected chi connectivity index (χ0v) is 12.1. The van der Waals surface area contributed by atoms with Crippen LogP contribution in [0, 0.1) is 12.8 Å². The van der Waals surface area contributed by atoms with Crippen molar-refractivity contribution in [3.8, 4) is 0 Å². The minimum atomic E-state index is -0.310. The molecule has 0 atom stereocenters. The number of aromatic nitrogens is 3. The molecule has 0 bridgehead atoms. The van der Waals surface area contributed by atoms with Gasteiger partial charge in [0.05, 0.1) is 0 Å². The van der Waals surface area contributed by atoms with E-state index >= 15 is 0 Å². The van der Waals surface area contributed by atoms with Crippen LogP contribution in [0.5, 0.6) is 0 Å².